The molecule has 0 spiro atoms. The smallest absolute Gasteiger partial charge is 0.248 e. The summed E-state index contributed by atoms with van der Waals surface area (Å²) in [6.07, 6.45) is 2.55. The topological polar surface area (TPSA) is 50.2 Å². The number of nitrogens with one attached hydrogen (secondary N) is 1. The number of carbonyl (C=O) groups excluding carboxylic acids is 1. The highest BCUT2D eigenvalue weighted by molar-refractivity contribution is 5.93. The van der Waals surface area contributed by atoms with E-state index in [0.717, 1.165) is 42.6 Å². The Bertz CT molecular complexity index is 759. The fourth-order valence-electron chi connectivity index (χ4n) is 3.62. The Morgan fingerprint density at radius 1 is 1.27 bits per heavy atom. The maximum absolute atomic E-state index is 12.6. The minimum Gasteiger partial charge on any atom is -0.324 e. The van der Waals surface area contributed by atoms with Crippen LogP contribution in [0.5, 0.6) is 0 Å². The van der Waals surface area contributed by atoms with Gasteiger partial charge in [-0.25, -0.2) is 0 Å². The molecular formula is C21H30N4O. The maximum atomic E-state index is 12.6. The van der Waals surface area contributed by atoms with Gasteiger partial charge in [0.15, 0.2) is 0 Å². The lowest BCUT2D eigenvalue weighted by molar-refractivity contribution is -0.119. The number of amides is 1. The van der Waals surface area contributed by atoms with E-state index in [4.69, 9.17) is 0 Å². The molecule has 2 heterocycles. The van der Waals surface area contributed by atoms with Crippen molar-refractivity contribution in [3.8, 4) is 0 Å². The highest BCUT2D eigenvalue weighted by atomic mass is 16.2. The second-order valence-electron chi connectivity index (χ2n) is 7.70. The van der Waals surface area contributed by atoms with E-state index in [1.54, 1.807) is 4.68 Å². The second-order valence-corrected chi connectivity index (χ2v) is 7.70. The number of hydrogen-bond acceptors (Lipinski definition) is 3. The van der Waals surface area contributed by atoms with E-state index in [0.29, 0.717) is 0 Å². The molecule has 3 rings (SSSR count). The van der Waals surface area contributed by atoms with Crippen LogP contribution in [-0.4, -0.2) is 33.7 Å². The zero-order valence-corrected chi connectivity index (χ0v) is 16.3. The molecule has 1 aliphatic rings. The first-order valence-corrected chi connectivity index (χ1v) is 9.57. The maximum Gasteiger partial charge on any atom is 0.248 e. The number of nitrogens with zero attached hydrogens (tertiary/aromatic N) is 3. The van der Waals surface area contributed by atoms with Crippen LogP contribution in [0.3, 0.4) is 0 Å². The molecule has 0 aliphatic carbocycles. The molecule has 5 nitrogen and oxygen atoms in total. The van der Waals surface area contributed by atoms with Crippen LogP contribution in [0.4, 0.5) is 5.69 Å². The number of piperidine rings is 1. The first-order valence-electron chi connectivity index (χ1n) is 9.57. The lowest BCUT2D eigenvalue weighted by atomic mass is 9.99. The molecular weight excluding hydrogens is 324 g/mol. The van der Waals surface area contributed by atoms with Crippen LogP contribution in [-0.2, 0) is 11.3 Å². The van der Waals surface area contributed by atoms with Gasteiger partial charge in [0.05, 0.1) is 5.69 Å². The fraction of sp³-hybridized carbons (Fsp3) is 0.524. The number of aryl methyl sites for hydroxylation is 2. The van der Waals surface area contributed by atoms with E-state index in [2.05, 4.69) is 34.4 Å². The molecule has 1 N–H and O–H groups in total. The van der Waals surface area contributed by atoms with Crippen molar-refractivity contribution in [3.63, 3.8) is 0 Å². The highest BCUT2D eigenvalue weighted by Crippen LogP contribution is 2.20. The summed E-state index contributed by atoms with van der Waals surface area (Å²) in [5, 5.41) is 7.47. The van der Waals surface area contributed by atoms with Crippen molar-refractivity contribution in [3.05, 3.63) is 47.3 Å². The highest BCUT2D eigenvalue weighted by Gasteiger charge is 2.19. The van der Waals surface area contributed by atoms with Gasteiger partial charge in [0, 0.05) is 17.9 Å². The summed E-state index contributed by atoms with van der Waals surface area (Å²) in [6.45, 7) is 11.4. The first-order chi connectivity index (χ1) is 12.4. The van der Waals surface area contributed by atoms with Crippen molar-refractivity contribution in [2.24, 2.45) is 5.92 Å². The zero-order valence-electron chi connectivity index (χ0n) is 16.3. The van der Waals surface area contributed by atoms with Gasteiger partial charge in [-0.15, -0.1) is 0 Å². The molecule has 0 bridgehead atoms. The number of rotatable bonds is 5. The van der Waals surface area contributed by atoms with Crippen molar-refractivity contribution >= 4 is 11.6 Å². The molecule has 1 fully saturated rings. The summed E-state index contributed by atoms with van der Waals surface area (Å²) in [7, 11) is 0. The summed E-state index contributed by atoms with van der Waals surface area (Å²) < 4.78 is 1.78. The minimum absolute atomic E-state index is 0.0415. The molecule has 2 aromatic rings. The van der Waals surface area contributed by atoms with E-state index in [1.165, 1.54) is 18.4 Å². The molecule has 0 saturated carbocycles. The van der Waals surface area contributed by atoms with Gasteiger partial charge in [-0.1, -0.05) is 19.1 Å². The Morgan fingerprint density at radius 2 is 2.00 bits per heavy atom. The first kappa shape index (κ1) is 18.6. The van der Waals surface area contributed by atoms with E-state index in [9.17, 15) is 4.79 Å². The van der Waals surface area contributed by atoms with Crippen LogP contribution in [0, 0.1) is 19.8 Å². The lowest BCUT2D eigenvalue weighted by Crippen LogP contribution is -2.32. The molecule has 26 heavy (non-hydrogen) atoms. The normalized spacial score (nSPS) is 17.2. The van der Waals surface area contributed by atoms with E-state index in [1.807, 2.05) is 39.0 Å². The molecule has 0 radical (unpaired) electrons. The number of anilines is 1. The monoisotopic (exact) mass is 354 g/mol. The molecule has 1 saturated heterocycles. The van der Waals surface area contributed by atoms with Crippen LogP contribution in [0.15, 0.2) is 30.3 Å². The second kappa shape index (κ2) is 8.04. The van der Waals surface area contributed by atoms with Crippen molar-refractivity contribution < 1.29 is 4.79 Å². The molecule has 1 aromatic carbocycles. The average molecular weight is 354 g/mol. The SMILES string of the molecule is Cc1cc(C)n(C(C)C(=O)Nc2cccc(CN3CCC(C)CC3)c2)n1. The molecule has 1 aromatic heterocycles. The molecule has 5 heteroatoms. The number of hydrogen-bond donors (Lipinski definition) is 1. The van der Waals surface area contributed by atoms with Gasteiger partial charge < -0.3 is 5.32 Å². The van der Waals surface area contributed by atoms with Gasteiger partial charge in [0.25, 0.3) is 0 Å². The van der Waals surface area contributed by atoms with Gasteiger partial charge in [-0.05, 0) is 76.4 Å². The van der Waals surface area contributed by atoms with Crippen LogP contribution in [0.1, 0.15) is 49.7 Å². The molecule has 1 amide bonds. The van der Waals surface area contributed by atoms with Gasteiger partial charge >= 0.3 is 0 Å². The van der Waals surface area contributed by atoms with Crippen LogP contribution in [0.25, 0.3) is 0 Å². The Labute approximate surface area is 156 Å². The lowest BCUT2D eigenvalue weighted by Gasteiger charge is -2.30. The van der Waals surface area contributed by atoms with Crippen molar-refractivity contribution in [1.82, 2.24) is 14.7 Å². The van der Waals surface area contributed by atoms with Crippen molar-refractivity contribution in [2.75, 3.05) is 18.4 Å². The van der Waals surface area contributed by atoms with E-state index >= 15 is 0 Å². The fourth-order valence-corrected chi connectivity index (χ4v) is 3.62. The third-order valence-electron chi connectivity index (χ3n) is 5.27. The predicted molar refractivity (Wildman–Crippen MR) is 105 cm³/mol. The largest absolute Gasteiger partial charge is 0.324 e. The van der Waals surface area contributed by atoms with Gasteiger partial charge in [0.1, 0.15) is 6.04 Å². The number of likely N-dealkylation sites (tertiary alicyclic amines) is 1. The van der Waals surface area contributed by atoms with Gasteiger partial charge in [-0.2, -0.15) is 5.10 Å². The number of carbonyl (C=O) groups is 1. The summed E-state index contributed by atoms with van der Waals surface area (Å²) in [5.41, 5.74) is 4.03. The molecule has 1 atom stereocenters. The van der Waals surface area contributed by atoms with E-state index < -0.39 is 0 Å². The zero-order chi connectivity index (χ0) is 18.7. The summed E-state index contributed by atoms with van der Waals surface area (Å²) in [5.74, 6) is 0.799. The Morgan fingerprint density at radius 3 is 2.65 bits per heavy atom. The third-order valence-corrected chi connectivity index (χ3v) is 5.27. The standard InChI is InChI=1S/C21H30N4O/c1-15-8-10-24(11-9-15)14-19-6-5-7-20(13-19)22-21(26)18(4)25-17(3)12-16(2)23-25/h5-7,12-13,15,18H,8-11,14H2,1-4H3,(H,22,26). The Kier molecular flexibility index (Phi) is 5.77. The Balaban J connectivity index is 1.62. The summed E-state index contributed by atoms with van der Waals surface area (Å²) in [6, 6.07) is 9.85. The summed E-state index contributed by atoms with van der Waals surface area (Å²) in [4.78, 5) is 15.1. The Hall–Kier alpha value is -2.14. The third kappa shape index (κ3) is 4.52. The van der Waals surface area contributed by atoms with Crippen molar-refractivity contribution in [2.45, 2.75) is 53.1 Å². The van der Waals surface area contributed by atoms with Crippen LogP contribution < -0.4 is 5.32 Å². The van der Waals surface area contributed by atoms with Gasteiger partial charge in [-0.3, -0.25) is 14.4 Å². The summed E-state index contributed by atoms with van der Waals surface area (Å²) >= 11 is 0. The predicted octanol–water partition coefficient (Wildman–Crippen LogP) is 3.93. The number of aromatic nitrogens is 2. The molecule has 140 valence electrons. The quantitative estimate of drug-likeness (QED) is 0.885. The number of benzene rings is 1. The minimum atomic E-state index is -0.337. The van der Waals surface area contributed by atoms with Crippen molar-refractivity contribution in [1.29, 1.82) is 0 Å². The average Bonchev–Trinajstić information content (AvgIpc) is 2.95. The van der Waals surface area contributed by atoms with E-state index in [-0.39, 0.29) is 11.9 Å². The van der Waals surface area contributed by atoms with Crippen LogP contribution in [0.2, 0.25) is 0 Å². The molecule has 1 unspecified atom stereocenters. The van der Waals surface area contributed by atoms with Gasteiger partial charge in [0.2, 0.25) is 5.91 Å². The molecule has 1 aliphatic heterocycles. The van der Waals surface area contributed by atoms with Crippen LogP contribution >= 0.6 is 0 Å².